The van der Waals surface area contributed by atoms with Crippen molar-refractivity contribution in [1.82, 2.24) is 4.72 Å². The van der Waals surface area contributed by atoms with Crippen molar-refractivity contribution in [2.45, 2.75) is 18.6 Å². The summed E-state index contributed by atoms with van der Waals surface area (Å²) in [5.41, 5.74) is 0.461. The molecule has 4 nitrogen and oxygen atoms in total. The molecular formula is C14H14ClNO3S2. The van der Waals surface area contributed by atoms with Gasteiger partial charge in [0.1, 0.15) is 0 Å². The summed E-state index contributed by atoms with van der Waals surface area (Å²) in [6.07, 6.45) is 0. The van der Waals surface area contributed by atoms with Crippen molar-refractivity contribution in [2.75, 3.05) is 0 Å². The lowest BCUT2D eigenvalue weighted by atomic mass is 10.1. The van der Waals surface area contributed by atoms with E-state index in [0.717, 1.165) is 4.88 Å². The fraction of sp³-hybridized carbons (Fsp3) is 0.214. The van der Waals surface area contributed by atoms with Crippen LogP contribution in [0.3, 0.4) is 0 Å². The average Bonchev–Trinajstić information content (AvgIpc) is 2.93. The van der Waals surface area contributed by atoms with Crippen LogP contribution in [0.15, 0.2) is 41.8 Å². The van der Waals surface area contributed by atoms with Gasteiger partial charge in [0.05, 0.1) is 11.7 Å². The summed E-state index contributed by atoms with van der Waals surface area (Å²) in [6, 6.07) is 10.3. The summed E-state index contributed by atoms with van der Waals surface area (Å²) in [4.78, 5) is 12.8. The highest BCUT2D eigenvalue weighted by Crippen LogP contribution is 2.22. The van der Waals surface area contributed by atoms with Crippen LogP contribution in [0.25, 0.3) is 0 Å². The number of amides is 1. The molecule has 1 atom stereocenters. The number of hydrogen-bond acceptors (Lipinski definition) is 4. The normalized spacial score (nSPS) is 12.9. The van der Waals surface area contributed by atoms with Crippen molar-refractivity contribution >= 4 is 38.9 Å². The number of sulfonamides is 1. The Kier molecular flexibility index (Phi) is 5.03. The number of rotatable bonds is 5. The van der Waals surface area contributed by atoms with Crippen LogP contribution in [0, 0.1) is 0 Å². The number of benzene rings is 1. The van der Waals surface area contributed by atoms with Gasteiger partial charge in [-0.1, -0.05) is 35.9 Å². The fourth-order valence-corrected chi connectivity index (χ4v) is 4.05. The van der Waals surface area contributed by atoms with E-state index in [-0.39, 0.29) is 5.75 Å². The Balaban J connectivity index is 2.07. The SMILES string of the molecule is C[C@H](C(=O)NS(=O)(=O)Cc1ccccc1Cl)c1cccs1. The van der Waals surface area contributed by atoms with Gasteiger partial charge in [0.25, 0.3) is 0 Å². The zero-order chi connectivity index (χ0) is 15.5. The summed E-state index contributed by atoms with van der Waals surface area (Å²) >= 11 is 7.35. The summed E-state index contributed by atoms with van der Waals surface area (Å²) in [5.74, 6) is -1.37. The molecule has 0 aliphatic carbocycles. The predicted molar refractivity (Wildman–Crippen MR) is 85.0 cm³/mol. The van der Waals surface area contributed by atoms with Crippen molar-refractivity contribution < 1.29 is 13.2 Å². The van der Waals surface area contributed by atoms with E-state index in [0.29, 0.717) is 10.6 Å². The maximum Gasteiger partial charge on any atom is 0.241 e. The summed E-state index contributed by atoms with van der Waals surface area (Å²) in [5, 5.41) is 2.21. The third-order valence-corrected chi connectivity index (χ3v) is 5.55. The molecule has 1 aromatic carbocycles. The Morgan fingerprint density at radius 1 is 1.29 bits per heavy atom. The molecule has 0 saturated carbocycles. The monoisotopic (exact) mass is 343 g/mol. The molecule has 1 heterocycles. The van der Waals surface area contributed by atoms with Gasteiger partial charge in [-0.05, 0) is 30.0 Å². The van der Waals surface area contributed by atoms with Gasteiger partial charge >= 0.3 is 0 Å². The van der Waals surface area contributed by atoms with E-state index in [4.69, 9.17) is 11.6 Å². The molecule has 1 aromatic heterocycles. The first kappa shape index (κ1) is 16.0. The van der Waals surface area contributed by atoms with Crippen LogP contribution in [-0.4, -0.2) is 14.3 Å². The molecule has 0 saturated heterocycles. The van der Waals surface area contributed by atoms with Gasteiger partial charge in [0.2, 0.25) is 15.9 Å². The number of carbonyl (C=O) groups excluding carboxylic acids is 1. The lowest BCUT2D eigenvalue weighted by Crippen LogP contribution is -2.34. The fourth-order valence-electron chi connectivity index (χ4n) is 1.76. The molecule has 21 heavy (non-hydrogen) atoms. The molecule has 2 aromatic rings. The highest BCUT2D eigenvalue weighted by atomic mass is 35.5. The minimum absolute atomic E-state index is 0.324. The Bertz CT molecular complexity index is 726. The van der Waals surface area contributed by atoms with E-state index < -0.39 is 21.8 Å². The van der Waals surface area contributed by atoms with Crippen LogP contribution in [-0.2, 0) is 20.6 Å². The van der Waals surface area contributed by atoms with Crippen LogP contribution < -0.4 is 4.72 Å². The molecule has 0 aliphatic rings. The van der Waals surface area contributed by atoms with E-state index in [2.05, 4.69) is 4.72 Å². The molecule has 1 amide bonds. The second-order valence-electron chi connectivity index (χ2n) is 4.55. The van der Waals surface area contributed by atoms with E-state index in [9.17, 15) is 13.2 Å². The largest absolute Gasteiger partial charge is 0.273 e. The van der Waals surface area contributed by atoms with Crippen molar-refractivity contribution in [2.24, 2.45) is 0 Å². The number of hydrogen-bond donors (Lipinski definition) is 1. The van der Waals surface area contributed by atoms with Gasteiger partial charge in [-0.2, -0.15) is 0 Å². The Morgan fingerprint density at radius 3 is 2.62 bits per heavy atom. The van der Waals surface area contributed by atoms with E-state index >= 15 is 0 Å². The summed E-state index contributed by atoms with van der Waals surface area (Å²) in [6.45, 7) is 1.67. The summed E-state index contributed by atoms with van der Waals surface area (Å²) < 4.78 is 26.2. The first-order valence-electron chi connectivity index (χ1n) is 6.20. The topological polar surface area (TPSA) is 63.2 Å². The highest BCUT2D eigenvalue weighted by Gasteiger charge is 2.22. The highest BCUT2D eigenvalue weighted by molar-refractivity contribution is 7.89. The average molecular weight is 344 g/mol. The predicted octanol–water partition coefficient (Wildman–Crippen LogP) is 3.15. The van der Waals surface area contributed by atoms with Gasteiger partial charge < -0.3 is 0 Å². The maximum atomic E-state index is 12.0. The zero-order valence-corrected chi connectivity index (χ0v) is 13.6. The van der Waals surface area contributed by atoms with Crippen molar-refractivity contribution in [3.05, 3.63) is 57.2 Å². The number of carbonyl (C=O) groups is 1. The minimum atomic E-state index is -3.77. The van der Waals surface area contributed by atoms with Gasteiger partial charge in [0.15, 0.2) is 0 Å². The zero-order valence-electron chi connectivity index (χ0n) is 11.2. The third kappa shape index (κ3) is 4.30. The van der Waals surface area contributed by atoms with Crippen LogP contribution in [0.5, 0.6) is 0 Å². The molecule has 0 bridgehead atoms. The van der Waals surface area contributed by atoms with Crippen molar-refractivity contribution in [3.63, 3.8) is 0 Å². The number of nitrogens with one attached hydrogen (secondary N) is 1. The Labute approximate surface area is 132 Å². The third-order valence-electron chi connectivity index (χ3n) is 2.92. The van der Waals surface area contributed by atoms with Gasteiger partial charge in [-0.3, -0.25) is 9.52 Å². The molecule has 0 fully saturated rings. The first-order chi connectivity index (χ1) is 9.89. The van der Waals surface area contributed by atoms with Gasteiger partial charge in [-0.25, -0.2) is 8.42 Å². The maximum absolute atomic E-state index is 12.0. The van der Waals surface area contributed by atoms with Crippen molar-refractivity contribution in [1.29, 1.82) is 0 Å². The molecule has 7 heteroatoms. The molecule has 2 rings (SSSR count). The lowest BCUT2D eigenvalue weighted by Gasteiger charge is -2.11. The van der Waals surface area contributed by atoms with Gasteiger partial charge in [0, 0.05) is 9.90 Å². The Hall–Kier alpha value is -1.37. The minimum Gasteiger partial charge on any atom is -0.273 e. The second kappa shape index (κ2) is 6.60. The molecular weight excluding hydrogens is 330 g/mol. The molecule has 112 valence electrons. The van der Waals surface area contributed by atoms with E-state index in [1.807, 2.05) is 11.4 Å². The van der Waals surface area contributed by atoms with Crippen LogP contribution >= 0.6 is 22.9 Å². The van der Waals surface area contributed by atoms with E-state index in [1.165, 1.54) is 11.3 Å². The van der Waals surface area contributed by atoms with Crippen LogP contribution in [0.4, 0.5) is 0 Å². The molecule has 0 aliphatic heterocycles. The van der Waals surface area contributed by atoms with Crippen LogP contribution in [0.1, 0.15) is 23.3 Å². The molecule has 0 spiro atoms. The smallest absolute Gasteiger partial charge is 0.241 e. The molecule has 0 radical (unpaired) electrons. The first-order valence-corrected chi connectivity index (χ1v) is 9.11. The Morgan fingerprint density at radius 2 is 2.00 bits per heavy atom. The quantitative estimate of drug-likeness (QED) is 0.907. The van der Waals surface area contributed by atoms with E-state index in [1.54, 1.807) is 37.3 Å². The standard InChI is InChI=1S/C14H14ClNO3S2/c1-10(13-7-4-8-20-13)14(17)16-21(18,19)9-11-5-2-3-6-12(11)15/h2-8,10H,9H2,1H3,(H,16,17)/t10-/m0/s1. The van der Waals surface area contributed by atoms with Gasteiger partial charge in [-0.15, -0.1) is 11.3 Å². The molecule has 0 unspecified atom stereocenters. The number of thiophene rings is 1. The second-order valence-corrected chi connectivity index (χ2v) is 7.66. The lowest BCUT2D eigenvalue weighted by molar-refractivity contribution is -0.120. The number of halogens is 1. The summed E-state index contributed by atoms with van der Waals surface area (Å²) in [7, 11) is -3.77. The molecule has 1 N–H and O–H groups in total. The van der Waals surface area contributed by atoms with Crippen molar-refractivity contribution in [3.8, 4) is 0 Å². The van der Waals surface area contributed by atoms with Crippen LogP contribution in [0.2, 0.25) is 5.02 Å².